The molecule has 2 N–H and O–H groups in total. The highest BCUT2D eigenvalue weighted by atomic mass is 16.2. The van der Waals surface area contributed by atoms with Crippen molar-refractivity contribution in [3.05, 3.63) is 53.6 Å². The largest absolute Gasteiger partial charge is 0.396 e. The summed E-state index contributed by atoms with van der Waals surface area (Å²) in [5.74, 6) is 0. The number of hydrogen-bond donors (Lipinski definition) is 2. The summed E-state index contributed by atoms with van der Waals surface area (Å²) in [6.07, 6.45) is 4.11. The molecule has 1 heterocycles. The number of nitrogens with zero attached hydrogens (tertiary/aromatic N) is 2. The Bertz CT molecular complexity index is 525. The lowest BCUT2D eigenvalue weighted by Gasteiger charge is -2.16. The molecule has 4 nitrogen and oxygen atoms in total. The summed E-state index contributed by atoms with van der Waals surface area (Å²) in [7, 11) is 0. The Morgan fingerprint density at radius 2 is 1.84 bits per heavy atom. The van der Waals surface area contributed by atoms with Gasteiger partial charge in [0.2, 0.25) is 0 Å². The second kappa shape index (κ2) is 6.29. The summed E-state index contributed by atoms with van der Waals surface area (Å²) < 4.78 is 0. The number of benzene rings is 1. The molecule has 100 valence electrons. The molecular formula is C15H19N3O. The standard InChI is InChI=1S/C15H19N3O/c1-11-15(17-9-8-16-11)12(2)18-14-5-3-13(4-6-14)7-10-19/h3-6,8-9,12,18-19H,7,10H2,1-2H3. The summed E-state index contributed by atoms with van der Waals surface area (Å²) in [5.41, 5.74) is 4.08. The minimum absolute atomic E-state index is 0.109. The monoisotopic (exact) mass is 257 g/mol. The Hall–Kier alpha value is -1.94. The Balaban J connectivity index is 2.06. The Morgan fingerprint density at radius 1 is 1.16 bits per heavy atom. The molecule has 0 fully saturated rings. The summed E-state index contributed by atoms with van der Waals surface area (Å²) in [6.45, 7) is 4.21. The molecule has 0 aliphatic rings. The van der Waals surface area contributed by atoms with Gasteiger partial charge in [0.25, 0.3) is 0 Å². The quantitative estimate of drug-likeness (QED) is 0.864. The highest BCUT2D eigenvalue weighted by Crippen LogP contribution is 2.19. The van der Waals surface area contributed by atoms with Crippen LogP contribution < -0.4 is 5.32 Å². The number of aliphatic hydroxyl groups is 1. The van der Waals surface area contributed by atoms with E-state index in [0.29, 0.717) is 6.42 Å². The predicted molar refractivity (Wildman–Crippen MR) is 76.0 cm³/mol. The van der Waals surface area contributed by atoms with Crippen LogP contribution in [0.15, 0.2) is 36.7 Å². The van der Waals surface area contributed by atoms with Crippen LogP contribution in [-0.2, 0) is 6.42 Å². The zero-order chi connectivity index (χ0) is 13.7. The molecule has 1 aromatic carbocycles. The van der Waals surface area contributed by atoms with Gasteiger partial charge < -0.3 is 10.4 Å². The van der Waals surface area contributed by atoms with Crippen molar-refractivity contribution < 1.29 is 5.11 Å². The third-order valence-electron chi connectivity index (χ3n) is 3.07. The highest BCUT2D eigenvalue weighted by molar-refractivity contribution is 5.46. The average molecular weight is 257 g/mol. The summed E-state index contributed by atoms with van der Waals surface area (Å²) >= 11 is 0. The molecule has 1 atom stereocenters. The van der Waals surface area contributed by atoms with Crippen LogP contribution in [0.2, 0.25) is 0 Å². The van der Waals surface area contributed by atoms with Crippen molar-refractivity contribution in [3.63, 3.8) is 0 Å². The molecule has 0 bridgehead atoms. The molecule has 1 unspecified atom stereocenters. The molecule has 1 aromatic heterocycles. The van der Waals surface area contributed by atoms with Gasteiger partial charge in [-0.2, -0.15) is 0 Å². The van der Waals surface area contributed by atoms with Gasteiger partial charge in [0.1, 0.15) is 0 Å². The van der Waals surface area contributed by atoms with Gasteiger partial charge in [0.15, 0.2) is 0 Å². The molecule has 2 aromatic rings. The van der Waals surface area contributed by atoms with Crippen LogP contribution in [0, 0.1) is 6.92 Å². The van der Waals surface area contributed by atoms with E-state index in [0.717, 1.165) is 22.6 Å². The van der Waals surface area contributed by atoms with Gasteiger partial charge >= 0.3 is 0 Å². The minimum atomic E-state index is 0.109. The fourth-order valence-electron chi connectivity index (χ4n) is 2.06. The van der Waals surface area contributed by atoms with E-state index in [-0.39, 0.29) is 12.6 Å². The smallest absolute Gasteiger partial charge is 0.0835 e. The van der Waals surface area contributed by atoms with Crippen molar-refractivity contribution in [1.82, 2.24) is 9.97 Å². The van der Waals surface area contributed by atoms with E-state index >= 15 is 0 Å². The Kier molecular flexibility index (Phi) is 4.47. The van der Waals surface area contributed by atoms with Gasteiger partial charge in [0.05, 0.1) is 17.4 Å². The fourth-order valence-corrected chi connectivity index (χ4v) is 2.06. The molecule has 0 aliphatic carbocycles. The predicted octanol–water partition coefficient (Wildman–Crippen LogP) is 2.49. The van der Waals surface area contributed by atoms with Gasteiger partial charge in [0, 0.05) is 24.7 Å². The number of rotatable bonds is 5. The molecule has 0 spiro atoms. The zero-order valence-corrected chi connectivity index (χ0v) is 11.3. The maximum Gasteiger partial charge on any atom is 0.0835 e. The van der Waals surface area contributed by atoms with E-state index in [2.05, 4.69) is 22.2 Å². The SMILES string of the molecule is Cc1nccnc1C(C)Nc1ccc(CCO)cc1. The molecular weight excluding hydrogens is 238 g/mol. The van der Waals surface area contributed by atoms with Gasteiger partial charge in [-0.05, 0) is 38.0 Å². The molecule has 19 heavy (non-hydrogen) atoms. The van der Waals surface area contributed by atoms with E-state index in [4.69, 9.17) is 5.11 Å². The highest BCUT2D eigenvalue weighted by Gasteiger charge is 2.10. The lowest BCUT2D eigenvalue weighted by atomic mass is 10.1. The molecule has 0 aliphatic heterocycles. The van der Waals surface area contributed by atoms with Crippen LogP contribution in [0.5, 0.6) is 0 Å². The first-order valence-electron chi connectivity index (χ1n) is 6.44. The molecule has 0 radical (unpaired) electrons. The second-order valence-corrected chi connectivity index (χ2v) is 4.56. The van der Waals surface area contributed by atoms with Crippen molar-refractivity contribution in [2.45, 2.75) is 26.3 Å². The van der Waals surface area contributed by atoms with Crippen LogP contribution in [0.4, 0.5) is 5.69 Å². The fraction of sp³-hybridized carbons (Fsp3) is 0.333. The van der Waals surface area contributed by atoms with Crippen LogP contribution in [-0.4, -0.2) is 21.7 Å². The lowest BCUT2D eigenvalue weighted by Crippen LogP contribution is -2.11. The van der Waals surface area contributed by atoms with Gasteiger partial charge in [-0.3, -0.25) is 9.97 Å². The van der Waals surface area contributed by atoms with Crippen molar-refractivity contribution in [1.29, 1.82) is 0 Å². The first kappa shape index (κ1) is 13.5. The molecule has 0 saturated carbocycles. The molecule has 0 saturated heterocycles. The maximum absolute atomic E-state index is 8.88. The summed E-state index contributed by atoms with van der Waals surface area (Å²) in [5, 5.41) is 12.3. The van der Waals surface area contributed by atoms with Crippen LogP contribution >= 0.6 is 0 Å². The number of aliphatic hydroxyl groups excluding tert-OH is 1. The topological polar surface area (TPSA) is 58.0 Å². The van der Waals surface area contributed by atoms with Crippen molar-refractivity contribution in [2.75, 3.05) is 11.9 Å². The molecule has 2 rings (SSSR count). The van der Waals surface area contributed by atoms with E-state index in [1.807, 2.05) is 31.2 Å². The average Bonchev–Trinajstić information content (AvgIpc) is 2.42. The lowest BCUT2D eigenvalue weighted by molar-refractivity contribution is 0.299. The summed E-state index contributed by atoms with van der Waals surface area (Å²) in [6, 6.07) is 8.20. The normalized spacial score (nSPS) is 12.2. The molecule has 4 heteroatoms. The number of aromatic nitrogens is 2. The second-order valence-electron chi connectivity index (χ2n) is 4.56. The van der Waals surface area contributed by atoms with Crippen LogP contribution in [0.25, 0.3) is 0 Å². The zero-order valence-electron chi connectivity index (χ0n) is 11.3. The van der Waals surface area contributed by atoms with Crippen LogP contribution in [0.3, 0.4) is 0 Å². The molecule has 0 amide bonds. The maximum atomic E-state index is 8.88. The first-order chi connectivity index (χ1) is 9.20. The Morgan fingerprint density at radius 3 is 2.47 bits per heavy atom. The third-order valence-corrected chi connectivity index (χ3v) is 3.07. The van der Waals surface area contributed by atoms with E-state index in [1.165, 1.54) is 0 Å². The van der Waals surface area contributed by atoms with Crippen LogP contribution in [0.1, 0.15) is 29.9 Å². The third kappa shape index (κ3) is 3.51. The van der Waals surface area contributed by atoms with Crippen molar-refractivity contribution in [2.24, 2.45) is 0 Å². The summed E-state index contributed by atoms with van der Waals surface area (Å²) in [4.78, 5) is 8.61. The van der Waals surface area contributed by atoms with Crippen molar-refractivity contribution >= 4 is 5.69 Å². The van der Waals surface area contributed by atoms with E-state index in [9.17, 15) is 0 Å². The van der Waals surface area contributed by atoms with Gasteiger partial charge in [-0.1, -0.05) is 12.1 Å². The van der Waals surface area contributed by atoms with Gasteiger partial charge in [-0.25, -0.2) is 0 Å². The minimum Gasteiger partial charge on any atom is -0.396 e. The van der Waals surface area contributed by atoms with E-state index in [1.54, 1.807) is 12.4 Å². The van der Waals surface area contributed by atoms with E-state index < -0.39 is 0 Å². The first-order valence-corrected chi connectivity index (χ1v) is 6.44. The number of hydrogen-bond acceptors (Lipinski definition) is 4. The number of aryl methyl sites for hydroxylation is 1. The number of anilines is 1. The Labute approximate surface area is 113 Å². The van der Waals surface area contributed by atoms with Crippen molar-refractivity contribution in [3.8, 4) is 0 Å². The van der Waals surface area contributed by atoms with Gasteiger partial charge in [-0.15, -0.1) is 0 Å². The number of nitrogens with one attached hydrogen (secondary N) is 1.